The summed E-state index contributed by atoms with van der Waals surface area (Å²) in [5.41, 5.74) is 4.17. The molecule has 1 aliphatic heterocycles. The summed E-state index contributed by atoms with van der Waals surface area (Å²) in [6, 6.07) is 23.0. The van der Waals surface area contributed by atoms with Gasteiger partial charge in [0.25, 0.3) is 0 Å². The van der Waals surface area contributed by atoms with Gasteiger partial charge in [0.05, 0.1) is 6.61 Å². The van der Waals surface area contributed by atoms with Gasteiger partial charge in [0.1, 0.15) is 5.75 Å². The van der Waals surface area contributed by atoms with Crippen molar-refractivity contribution < 1.29 is 4.74 Å². The molecule has 0 amide bonds. The lowest BCUT2D eigenvalue weighted by atomic mass is 9.72. The lowest BCUT2D eigenvalue weighted by Gasteiger charge is -2.37. The van der Waals surface area contributed by atoms with Crippen molar-refractivity contribution in [2.24, 2.45) is 11.8 Å². The lowest BCUT2D eigenvalue weighted by Crippen LogP contribution is -2.28. The van der Waals surface area contributed by atoms with Gasteiger partial charge in [0.15, 0.2) is 0 Å². The maximum Gasteiger partial charge on any atom is 0.119 e. The molecule has 0 bridgehead atoms. The van der Waals surface area contributed by atoms with E-state index in [9.17, 15) is 0 Å². The fourth-order valence-electron chi connectivity index (χ4n) is 6.51. The molecule has 0 atom stereocenters. The number of rotatable bonds is 10. The SMILES string of the molecule is CCCCCOc1ccc(-c2ccc([C@H]3CC[C@H](C4CC[SiH](CCC)CC4)CC3)cc2)cc1. The van der Waals surface area contributed by atoms with Crippen LogP contribution in [0.3, 0.4) is 0 Å². The Kier molecular flexibility index (Phi) is 9.53. The molecule has 0 unspecified atom stereocenters. The molecule has 2 aliphatic rings. The highest BCUT2D eigenvalue weighted by Crippen LogP contribution is 2.43. The van der Waals surface area contributed by atoms with Crippen molar-refractivity contribution >= 4 is 8.80 Å². The minimum atomic E-state index is -0.330. The van der Waals surface area contributed by atoms with Gasteiger partial charge in [0.2, 0.25) is 0 Å². The van der Waals surface area contributed by atoms with Crippen LogP contribution in [0.15, 0.2) is 48.5 Å². The van der Waals surface area contributed by atoms with Crippen LogP contribution in [0.1, 0.15) is 89.5 Å². The summed E-state index contributed by atoms with van der Waals surface area (Å²) >= 11 is 0. The summed E-state index contributed by atoms with van der Waals surface area (Å²) in [5, 5.41) is 0. The maximum atomic E-state index is 5.87. The molecular weight excluding hydrogens is 416 g/mol. The summed E-state index contributed by atoms with van der Waals surface area (Å²) in [4.78, 5) is 0. The van der Waals surface area contributed by atoms with E-state index in [4.69, 9.17) is 4.74 Å². The fourth-order valence-corrected chi connectivity index (χ4v) is 10.00. The molecule has 1 heterocycles. The largest absolute Gasteiger partial charge is 0.494 e. The van der Waals surface area contributed by atoms with Gasteiger partial charge in [-0.05, 0) is 78.7 Å². The Balaban J connectivity index is 1.24. The minimum Gasteiger partial charge on any atom is -0.494 e. The topological polar surface area (TPSA) is 9.23 Å². The van der Waals surface area contributed by atoms with Crippen LogP contribution in [-0.2, 0) is 0 Å². The zero-order chi connectivity index (χ0) is 22.9. The van der Waals surface area contributed by atoms with Crippen LogP contribution >= 0.6 is 0 Å². The van der Waals surface area contributed by atoms with E-state index in [0.717, 1.165) is 36.5 Å². The Labute approximate surface area is 205 Å². The van der Waals surface area contributed by atoms with Gasteiger partial charge in [-0.25, -0.2) is 0 Å². The third-order valence-electron chi connectivity index (χ3n) is 8.61. The smallest absolute Gasteiger partial charge is 0.119 e. The van der Waals surface area contributed by atoms with E-state index in [1.807, 2.05) is 0 Å². The predicted molar refractivity (Wildman–Crippen MR) is 146 cm³/mol. The molecule has 2 aromatic carbocycles. The molecule has 1 saturated heterocycles. The van der Waals surface area contributed by atoms with Gasteiger partial charge in [-0.15, -0.1) is 0 Å². The second kappa shape index (κ2) is 12.8. The highest BCUT2D eigenvalue weighted by molar-refractivity contribution is 6.58. The van der Waals surface area contributed by atoms with Crippen LogP contribution in [0.4, 0.5) is 0 Å². The first-order valence-electron chi connectivity index (χ1n) is 14.1. The summed E-state index contributed by atoms with van der Waals surface area (Å²) in [6.07, 6.45) is 13.9. The van der Waals surface area contributed by atoms with Gasteiger partial charge < -0.3 is 4.74 Å². The number of ether oxygens (including phenoxy) is 1. The summed E-state index contributed by atoms with van der Waals surface area (Å²) in [7, 11) is -0.330. The van der Waals surface area contributed by atoms with Gasteiger partial charge in [0, 0.05) is 8.80 Å². The maximum absolute atomic E-state index is 5.87. The number of unbranched alkanes of at least 4 members (excludes halogenated alkanes) is 2. The van der Waals surface area contributed by atoms with E-state index in [1.165, 1.54) is 56.1 Å². The molecule has 2 fully saturated rings. The zero-order valence-electron chi connectivity index (χ0n) is 21.2. The quantitative estimate of drug-likeness (QED) is 0.252. The van der Waals surface area contributed by atoms with Crippen LogP contribution in [0, 0.1) is 11.8 Å². The zero-order valence-corrected chi connectivity index (χ0v) is 22.4. The van der Waals surface area contributed by atoms with E-state index in [-0.39, 0.29) is 8.80 Å². The molecule has 4 rings (SSSR count). The van der Waals surface area contributed by atoms with Crippen LogP contribution in [0.5, 0.6) is 5.75 Å². The summed E-state index contributed by atoms with van der Waals surface area (Å²) in [5.74, 6) is 3.86. The number of benzene rings is 2. The molecule has 0 N–H and O–H groups in total. The second-order valence-corrected chi connectivity index (χ2v) is 14.3. The average Bonchev–Trinajstić information content (AvgIpc) is 2.88. The molecule has 1 nitrogen and oxygen atoms in total. The molecule has 1 saturated carbocycles. The molecule has 180 valence electrons. The van der Waals surface area contributed by atoms with Gasteiger partial charge in [-0.1, -0.05) is 100 Å². The van der Waals surface area contributed by atoms with Gasteiger partial charge in [-0.2, -0.15) is 0 Å². The van der Waals surface area contributed by atoms with Crippen LogP contribution in [-0.4, -0.2) is 15.4 Å². The molecule has 0 spiro atoms. The van der Waals surface area contributed by atoms with E-state index in [2.05, 4.69) is 62.4 Å². The molecule has 2 heteroatoms. The van der Waals surface area contributed by atoms with Crippen molar-refractivity contribution in [1.82, 2.24) is 0 Å². The molecule has 2 aromatic rings. The lowest BCUT2D eigenvalue weighted by molar-refractivity contribution is 0.216. The Bertz CT molecular complexity index is 796. The first-order valence-corrected chi connectivity index (χ1v) is 16.5. The summed E-state index contributed by atoms with van der Waals surface area (Å²) in [6.45, 7) is 5.44. The van der Waals surface area contributed by atoms with Crippen molar-refractivity contribution in [2.45, 2.75) is 102 Å². The monoisotopic (exact) mass is 462 g/mol. The van der Waals surface area contributed by atoms with Crippen LogP contribution < -0.4 is 4.74 Å². The fraction of sp³-hybridized carbons (Fsp3) is 0.613. The third kappa shape index (κ3) is 6.98. The molecular formula is C31H46OSi. The third-order valence-corrected chi connectivity index (χ3v) is 12.3. The number of hydrogen-bond acceptors (Lipinski definition) is 1. The standard InChI is InChI=1S/C31H46OSi/c1-3-5-6-21-32-31-17-15-29(16-18-31)27-9-7-25(8-10-27)26-11-13-28(14-12-26)30-19-23-33(22-4-2)24-20-30/h7-10,15-18,26,28,30,33H,3-6,11-14,19-24H2,1-2H3/t26-,28-,30?,33?. The molecule has 0 aromatic heterocycles. The highest BCUT2D eigenvalue weighted by atomic mass is 28.3. The van der Waals surface area contributed by atoms with E-state index in [1.54, 1.807) is 36.5 Å². The van der Waals surface area contributed by atoms with Crippen LogP contribution in [0.2, 0.25) is 18.1 Å². The molecule has 0 radical (unpaired) electrons. The van der Waals surface area contributed by atoms with Crippen molar-refractivity contribution in [3.05, 3.63) is 54.1 Å². The average molecular weight is 463 g/mol. The first kappa shape index (κ1) is 24.6. The summed E-state index contributed by atoms with van der Waals surface area (Å²) < 4.78 is 5.87. The Morgan fingerprint density at radius 1 is 0.697 bits per heavy atom. The van der Waals surface area contributed by atoms with Gasteiger partial charge >= 0.3 is 0 Å². The minimum absolute atomic E-state index is 0.330. The van der Waals surface area contributed by atoms with Crippen molar-refractivity contribution in [2.75, 3.05) is 6.61 Å². The Morgan fingerprint density at radius 2 is 1.30 bits per heavy atom. The normalized spacial score (nSPS) is 25.6. The van der Waals surface area contributed by atoms with Crippen LogP contribution in [0.25, 0.3) is 11.1 Å². The first-order chi connectivity index (χ1) is 16.3. The highest BCUT2D eigenvalue weighted by Gasteiger charge is 2.31. The molecule has 1 aliphatic carbocycles. The second-order valence-electron chi connectivity index (χ2n) is 10.9. The van der Waals surface area contributed by atoms with Crippen molar-refractivity contribution in [1.29, 1.82) is 0 Å². The van der Waals surface area contributed by atoms with Crippen molar-refractivity contribution in [3.8, 4) is 16.9 Å². The van der Waals surface area contributed by atoms with E-state index in [0.29, 0.717) is 0 Å². The number of hydrogen-bond donors (Lipinski definition) is 0. The molecule has 33 heavy (non-hydrogen) atoms. The van der Waals surface area contributed by atoms with Gasteiger partial charge in [-0.3, -0.25) is 0 Å². The Hall–Kier alpha value is -1.54. The van der Waals surface area contributed by atoms with E-state index >= 15 is 0 Å². The Morgan fingerprint density at radius 3 is 1.91 bits per heavy atom. The van der Waals surface area contributed by atoms with E-state index < -0.39 is 0 Å². The van der Waals surface area contributed by atoms with Crippen molar-refractivity contribution in [3.63, 3.8) is 0 Å². The predicted octanol–water partition coefficient (Wildman–Crippen LogP) is 9.24.